The first-order chi connectivity index (χ1) is 8.97. The minimum atomic E-state index is -0.200. The number of amides is 1. The molecule has 2 aromatic rings. The third kappa shape index (κ3) is 3.84. The smallest absolute Gasteiger partial charge is 0.256 e. The second kappa shape index (κ2) is 6.43. The molecule has 1 N–H and O–H groups in total. The third-order valence-corrected chi connectivity index (χ3v) is 4.78. The molecular formula is C13H8Br3NOS. The summed E-state index contributed by atoms with van der Waals surface area (Å²) in [5, 5.41) is 2.83. The topological polar surface area (TPSA) is 29.1 Å². The zero-order chi connectivity index (χ0) is 14.0. The van der Waals surface area contributed by atoms with E-state index in [-0.39, 0.29) is 5.91 Å². The maximum Gasteiger partial charge on any atom is 0.256 e. The first-order valence-corrected chi connectivity index (χ1v) is 8.05. The lowest BCUT2D eigenvalue weighted by Crippen LogP contribution is -2.12. The molecule has 0 aliphatic heterocycles. The number of benzene rings is 2. The second-order valence-electron chi connectivity index (χ2n) is 3.74. The quantitative estimate of drug-likeness (QED) is 0.562. The summed E-state index contributed by atoms with van der Waals surface area (Å²) in [4.78, 5) is 12.8. The van der Waals surface area contributed by atoms with Crippen molar-refractivity contribution >= 4 is 72.0 Å². The number of halogens is 3. The Morgan fingerprint density at radius 3 is 2.26 bits per heavy atom. The van der Waals surface area contributed by atoms with Crippen LogP contribution in [-0.2, 0) is 0 Å². The maximum atomic E-state index is 12.2. The Morgan fingerprint density at radius 2 is 1.63 bits per heavy atom. The van der Waals surface area contributed by atoms with Crippen molar-refractivity contribution in [3.8, 4) is 0 Å². The summed E-state index contributed by atoms with van der Waals surface area (Å²) in [6.45, 7) is 0. The Hall–Kier alpha value is -0.300. The van der Waals surface area contributed by atoms with Gasteiger partial charge in [-0.15, -0.1) is 12.6 Å². The number of nitrogens with one attached hydrogen (secondary N) is 1. The minimum Gasteiger partial charge on any atom is -0.322 e. The zero-order valence-corrected chi connectivity index (χ0v) is 15.1. The van der Waals surface area contributed by atoms with E-state index in [2.05, 4.69) is 65.7 Å². The van der Waals surface area contributed by atoms with Crippen LogP contribution < -0.4 is 5.32 Å². The van der Waals surface area contributed by atoms with Gasteiger partial charge >= 0.3 is 0 Å². The van der Waals surface area contributed by atoms with E-state index in [1.165, 1.54) is 0 Å². The predicted molar refractivity (Wildman–Crippen MR) is 91.2 cm³/mol. The molecule has 2 rings (SSSR count). The first kappa shape index (κ1) is 15.1. The van der Waals surface area contributed by atoms with Crippen LogP contribution >= 0.6 is 60.4 Å². The summed E-state index contributed by atoms with van der Waals surface area (Å²) >= 11 is 14.4. The van der Waals surface area contributed by atoms with Gasteiger partial charge in [0, 0.05) is 24.0 Å². The van der Waals surface area contributed by atoms with Crippen LogP contribution in [0.5, 0.6) is 0 Å². The number of carbonyl (C=O) groups excluding carboxylic acids is 1. The molecule has 0 heterocycles. The molecular weight excluding hydrogens is 458 g/mol. The van der Waals surface area contributed by atoms with Crippen LogP contribution in [0.15, 0.2) is 54.7 Å². The number of hydrogen-bond donors (Lipinski definition) is 2. The summed E-state index contributed by atoms with van der Waals surface area (Å²) in [7, 11) is 0. The highest BCUT2D eigenvalue weighted by Crippen LogP contribution is 2.29. The molecule has 0 fully saturated rings. The Balaban J connectivity index is 2.27. The largest absolute Gasteiger partial charge is 0.322 e. The van der Waals surface area contributed by atoms with Crippen molar-refractivity contribution in [3.63, 3.8) is 0 Å². The molecule has 0 aliphatic rings. The lowest BCUT2D eigenvalue weighted by atomic mass is 10.2. The highest BCUT2D eigenvalue weighted by molar-refractivity contribution is 9.11. The Kier molecular flexibility index (Phi) is 5.11. The van der Waals surface area contributed by atoms with Crippen molar-refractivity contribution in [2.75, 3.05) is 5.32 Å². The normalized spacial score (nSPS) is 10.3. The van der Waals surface area contributed by atoms with Gasteiger partial charge in [-0.25, -0.2) is 0 Å². The van der Waals surface area contributed by atoms with Gasteiger partial charge in [0.15, 0.2) is 0 Å². The summed E-state index contributed by atoms with van der Waals surface area (Å²) < 4.78 is 2.55. The fourth-order valence-corrected chi connectivity index (χ4v) is 3.19. The minimum absolute atomic E-state index is 0.200. The average molecular weight is 466 g/mol. The Morgan fingerprint density at radius 1 is 1.00 bits per heavy atom. The van der Waals surface area contributed by atoms with Gasteiger partial charge in [-0.05, 0) is 52.3 Å². The molecule has 0 atom stereocenters. The van der Waals surface area contributed by atoms with Crippen LogP contribution in [0.2, 0.25) is 0 Å². The highest BCUT2D eigenvalue weighted by Gasteiger charge is 2.13. The fourth-order valence-electron chi connectivity index (χ4n) is 1.47. The Bertz CT molecular complexity index is 629. The molecule has 6 heteroatoms. The number of rotatable bonds is 2. The highest BCUT2D eigenvalue weighted by atomic mass is 79.9. The van der Waals surface area contributed by atoms with Crippen molar-refractivity contribution in [1.29, 1.82) is 0 Å². The van der Waals surface area contributed by atoms with E-state index in [1.807, 2.05) is 30.3 Å². The first-order valence-electron chi connectivity index (χ1n) is 5.22. The van der Waals surface area contributed by atoms with E-state index in [0.717, 1.165) is 19.1 Å². The molecule has 0 saturated carbocycles. The Labute approximate surface area is 141 Å². The lowest BCUT2D eigenvalue weighted by molar-refractivity contribution is 0.102. The zero-order valence-electron chi connectivity index (χ0n) is 9.45. The van der Waals surface area contributed by atoms with Gasteiger partial charge in [0.1, 0.15) is 0 Å². The van der Waals surface area contributed by atoms with Gasteiger partial charge in [0.05, 0.1) is 5.56 Å². The van der Waals surface area contributed by atoms with Gasteiger partial charge in [-0.1, -0.05) is 31.9 Å². The number of anilines is 1. The van der Waals surface area contributed by atoms with Crippen molar-refractivity contribution < 1.29 is 4.79 Å². The van der Waals surface area contributed by atoms with E-state index in [1.54, 1.807) is 6.07 Å². The summed E-state index contributed by atoms with van der Waals surface area (Å²) in [6.07, 6.45) is 0. The lowest BCUT2D eigenvalue weighted by Gasteiger charge is -2.09. The summed E-state index contributed by atoms with van der Waals surface area (Å²) in [6, 6.07) is 11.0. The van der Waals surface area contributed by atoms with Gasteiger partial charge in [-0.3, -0.25) is 4.79 Å². The SMILES string of the molecule is O=C(Nc1ccc(Br)cc1)c1cc(Br)cc(Br)c1S. The van der Waals surface area contributed by atoms with Crippen LogP contribution in [0.4, 0.5) is 5.69 Å². The van der Waals surface area contributed by atoms with E-state index in [4.69, 9.17) is 0 Å². The molecule has 0 bridgehead atoms. The molecule has 1 amide bonds. The van der Waals surface area contributed by atoms with Crippen LogP contribution in [0.3, 0.4) is 0 Å². The average Bonchev–Trinajstić information content (AvgIpc) is 2.36. The summed E-state index contributed by atoms with van der Waals surface area (Å²) in [5.41, 5.74) is 1.24. The van der Waals surface area contributed by atoms with Crippen molar-refractivity contribution in [2.24, 2.45) is 0 Å². The van der Waals surface area contributed by atoms with Crippen LogP contribution in [0.25, 0.3) is 0 Å². The summed E-state index contributed by atoms with van der Waals surface area (Å²) in [5.74, 6) is -0.200. The third-order valence-electron chi connectivity index (χ3n) is 2.37. The van der Waals surface area contributed by atoms with E-state index >= 15 is 0 Å². The standard InChI is InChI=1S/C13H8Br3NOS/c14-7-1-3-9(4-2-7)17-13(18)10-5-8(15)6-11(16)12(10)19/h1-6,19H,(H,17,18). The van der Waals surface area contributed by atoms with Crippen LogP contribution in [0, 0.1) is 0 Å². The van der Waals surface area contributed by atoms with E-state index in [0.29, 0.717) is 10.5 Å². The molecule has 0 aliphatic carbocycles. The van der Waals surface area contributed by atoms with Crippen molar-refractivity contribution in [3.05, 3.63) is 55.4 Å². The molecule has 19 heavy (non-hydrogen) atoms. The van der Waals surface area contributed by atoms with Crippen molar-refractivity contribution in [2.45, 2.75) is 4.90 Å². The van der Waals surface area contributed by atoms with Gasteiger partial charge in [0.25, 0.3) is 5.91 Å². The predicted octanol–water partition coefficient (Wildman–Crippen LogP) is 5.52. The van der Waals surface area contributed by atoms with E-state index in [9.17, 15) is 4.79 Å². The van der Waals surface area contributed by atoms with Crippen LogP contribution in [0.1, 0.15) is 10.4 Å². The number of hydrogen-bond acceptors (Lipinski definition) is 2. The molecule has 0 radical (unpaired) electrons. The van der Waals surface area contributed by atoms with Gasteiger partial charge in [-0.2, -0.15) is 0 Å². The fraction of sp³-hybridized carbons (Fsp3) is 0. The van der Waals surface area contributed by atoms with Gasteiger partial charge in [0.2, 0.25) is 0 Å². The van der Waals surface area contributed by atoms with Gasteiger partial charge < -0.3 is 5.32 Å². The molecule has 98 valence electrons. The number of carbonyl (C=O) groups is 1. The van der Waals surface area contributed by atoms with Crippen LogP contribution in [-0.4, -0.2) is 5.91 Å². The molecule has 2 nitrogen and oxygen atoms in total. The molecule has 0 aromatic heterocycles. The monoisotopic (exact) mass is 463 g/mol. The molecule has 0 unspecified atom stereocenters. The van der Waals surface area contributed by atoms with E-state index < -0.39 is 0 Å². The maximum absolute atomic E-state index is 12.2. The molecule has 0 saturated heterocycles. The number of thiol groups is 1. The molecule has 0 spiro atoms. The van der Waals surface area contributed by atoms with Crippen molar-refractivity contribution in [1.82, 2.24) is 0 Å². The second-order valence-corrected chi connectivity index (χ2v) is 6.88. The molecule has 2 aromatic carbocycles.